The van der Waals surface area contributed by atoms with Crippen molar-refractivity contribution in [1.29, 1.82) is 0 Å². The monoisotopic (exact) mass is 447 g/mol. The Morgan fingerprint density at radius 3 is 2.23 bits per heavy atom. The number of amides is 3. The molecule has 1 saturated heterocycles. The molecule has 2 heterocycles. The van der Waals surface area contributed by atoms with Crippen molar-refractivity contribution in [2.75, 3.05) is 26.2 Å². The van der Waals surface area contributed by atoms with Crippen molar-refractivity contribution in [1.82, 2.24) is 15.1 Å². The Hall–Kier alpha value is -3.14. The highest BCUT2D eigenvalue weighted by molar-refractivity contribution is 7.92. The molecule has 1 aliphatic heterocycles. The van der Waals surface area contributed by atoms with Gasteiger partial charge in [-0.15, -0.1) is 0 Å². The molecule has 1 aromatic carbocycles. The maximum Gasteiger partial charge on any atom is 0.288 e. The maximum absolute atomic E-state index is 13.2. The third kappa shape index (κ3) is 5.13. The van der Waals surface area contributed by atoms with Gasteiger partial charge in [-0.05, 0) is 30.7 Å². The number of carbonyl (C=O) groups is 3. The molecule has 9 nitrogen and oxygen atoms in total. The predicted octanol–water partition coefficient (Wildman–Crippen LogP) is 1.28. The van der Waals surface area contributed by atoms with Gasteiger partial charge in [-0.3, -0.25) is 14.4 Å². The Morgan fingerprint density at radius 2 is 1.65 bits per heavy atom. The van der Waals surface area contributed by atoms with Crippen LogP contribution in [0.4, 0.5) is 0 Å². The Kier molecular flexibility index (Phi) is 7.11. The van der Waals surface area contributed by atoms with Gasteiger partial charge in [-0.25, -0.2) is 8.42 Å². The molecule has 166 valence electrons. The summed E-state index contributed by atoms with van der Waals surface area (Å²) >= 11 is 0. The minimum atomic E-state index is -4.22. The summed E-state index contributed by atoms with van der Waals surface area (Å²) in [5.74, 6) is -1.64. The number of sulfone groups is 1. The molecule has 0 spiro atoms. The number of hydrogen-bond acceptors (Lipinski definition) is 6. The first-order valence-corrected chi connectivity index (χ1v) is 11.6. The molecule has 0 radical (unpaired) electrons. The van der Waals surface area contributed by atoms with Gasteiger partial charge in [-0.1, -0.05) is 25.1 Å². The third-order valence-electron chi connectivity index (χ3n) is 5.02. The molecule has 0 saturated carbocycles. The zero-order valence-corrected chi connectivity index (χ0v) is 18.0. The van der Waals surface area contributed by atoms with E-state index in [0.29, 0.717) is 19.5 Å². The number of piperazine rings is 1. The van der Waals surface area contributed by atoms with Gasteiger partial charge in [0, 0.05) is 32.6 Å². The molecule has 1 unspecified atom stereocenters. The van der Waals surface area contributed by atoms with E-state index < -0.39 is 27.0 Å². The summed E-state index contributed by atoms with van der Waals surface area (Å²) in [7, 11) is -4.22. The van der Waals surface area contributed by atoms with Gasteiger partial charge in [0.15, 0.2) is 5.76 Å². The Morgan fingerprint density at radius 1 is 1.00 bits per heavy atom. The van der Waals surface area contributed by atoms with E-state index in [2.05, 4.69) is 5.32 Å². The Labute approximate surface area is 180 Å². The summed E-state index contributed by atoms with van der Waals surface area (Å²) in [6, 6.07) is 10.4. The lowest BCUT2D eigenvalue weighted by Crippen LogP contribution is -2.57. The van der Waals surface area contributed by atoms with Gasteiger partial charge >= 0.3 is 0 Å². The molecule has 2 aromatic rings. The van der Waals surface area contributed by atoms with Crippen LogP contribution in [0.3, 0.4) is 0 Å². The van der Waals surface area contributed by atoms with Crippen LogP contribution in [-0.2, 0) is 19.4 Å². The first kappa shape index (κ1) is 22.5. The number of rotatable bonds is 7. The van der Waals surface area contributed by atoms with E-state index in [-0.39, 0.29) is 29.7 Å². The second-order valence-electron chi connectivity index (χ2n) is 7.14. The number of benzene rings is 1. The van der Waals surface area contributed by atoms with Crippen LogP contribution >= 0.6 is 0 Å². The Bertz CT molecular complexity index is 1010. The fraction of sp³-hybridized carbons (Fsp3) is 0.381. The smallest absolute Gasteiger partial charge is 0.288 e. The molecule has 0 aliphatic carbocycles. The first-order valence-electron chi connectivity index (χ1n) is 10.0. The third-order valence-corrected chi connectivity index (χ3v) is 6.89. The van der Waals surface area contributed by atoms with Crippen LogP contribution in [0, 0.1) is 0 Å². The van der Waals surface area contributed by atoms with Crippen molar-refractivity contribution in [3.05, 3.63) is 54.5 Å². The highest BCUT2D eigenvalue weighted by Crippen LogP contribution is 2.18. The number of hydrogen-bond donors (Lipinski definition) is 1. The van der Waals surface area contributed by atoms with Crippen LogP contribution in [0.2, 0.25) is 0 Å². The predicted molar refractivity (Wildman–Crippen MR) is 112 cm³/mol. The number of nitrogens with zero attached hydrogens (tertiary/aromatic N) is 2. The quantitative estimate of drug-likeness (QED) is 0.683. The van der Waals surface area contributed by atoms with Crippen molar-refractivity contribution in [2.24, 2.45) is 0 Å². The maximum atomic E-state index is 13.2. The summed E-state index contributed by atoms with van der Waals surface area (Å²) in [5, 5.41) is 0.503. The number of carbonyl (C=O) groups excluding carboxylic acids is 3. The topological polar surface area (TPSA) is 117 Å². The number of nitrogens with one attached hydrogen (secondary N) is 1. The van der Waals surface area contributed by atoms with Gasteiger partial charge < -0.3 is 19.5 Å². The lowest BCUT2D eigenvalue weighted by molar-refractivity contribution is -0.139. The molecule has 1 aliphatic rings. The molecule has 31 heavy (non-hydrogen) atoms. The summed E-state index contributed by atoms with van der Waals surface area (Å²) in [6.07, 6.45) is 2.44. The van der Waals surface area contributed by atoms with E-state index in [0.717, 1.165) is 6.42 Å². The molecular formula is C21H25N3O6S. The lowest BCUT2D eigenvalue weighted by atomic mass is 10.2. The second-order valence-corrected chi connectivity index (χ2v) is 9.18. The second kappa shape index (κ2) is 9.78. The van der Waals surface area contributed by atoms with E-state index in [1.807, 2.05) is 6.92 Å². The highest BCUT2D eigenvalue weighted by Gasteiger charge is 2.39. The van der Waals surface area contributed by atoms with Crippen LogP contribution in [-0.4, -0.2) is 67.5 Å². The standard InChI is InChI=1S/C21H25N3O6S/c1-2-7-18(25)23-11-13-24(14-12-23)21(27)20(22-19(26)17-10-6-15-30-17)31(28,29)16-8-4-3-5-9-16/h3-6,8-10,15,20H,2,7,11-14H2,1H3,(H,22,26). The lowest BCUT2D eigenvalue weighted by Gasteiger charge is -2.36. The van der Waals surface area contributed by atoms with Gasteiger partial charge in [-0.2, -0.15) is 0 Å². The molecule has 10 heteroatoms. The summed E-state index contributed by atoms with van der Waals surface area (Å²) < 4.78 is 31.5. The van der Waals surface area contributed by atoms with Gasteiger partial charge in [0.1, 0.15) is 0 Å². The van der Waals surface area contributed by atoms with E-state index in [9.17, 15) is 22.8 Å². The molecule has 1 aromatic heterocycles. The van der Waals surface area contributed by atoms with Crippen molar-refractivity contribution in [2.45, 2.75) is 30.0 Å². The van der Waals surface area contributed by atoms with Crippen LogP contribution in [0.15, 0.2) is 58.0 Å². The minimum Gasteiger partial charge on any atom is -0.459 e. The molecule has 1 fully saturated rings. The molecule has 3 amide bonds. The summed E-state index contributed by atoms with van der Waals surface area (Å²) in [6.45, 7) is 2.92. The van der Waals surface area contributed by atoms with E-state index in [4.69, 9.17) is 4.42 Å². The van der Waals surface area contributed by atoms with Crippen LogP contribution in [0.1, 0.15) is 30.3 Å². The SMILES string of the molecule is CCCC(=O)N1CCN(C(=O)C(NC(=O)c2ccco2)S(=O)(=O)c2ccccc2)CC1. The molecular weight excluding hydrogens is 422 g/mol. The van der Waals surface area contributed by atoms with Gasteiger partial charge in [0.2, 0.25) is 21.1 Å². The molecule has 0 bridgehead atoms. The van der Waals surface area contributed by atoms with Crippen LogP contribution in [0.25, 0.3) is 0 Å². The van der Waals surface area contributed by atoms with Gasteiger partial charge in [0.25, 0.3) is 11.8 Å². The first-order chi connectivity index (χ1) is 14.8. The summed E-state index contributed by atoms with van der Waals surface area (Å²) in [5.41, 5.74) is 0. The highest BCUT2D eigenvalue weighted by atomic mass is 32.2. The largest absolute Gasteiger partial charge is 0.459 e. The van der Waals surface area contributed by atoms with E-state index >= 15 is 0 Å². The average Bonchev–Trinajstić information content (AvgIpc) is 3.33. The van der Waals surface area contributed by atoms with Crippen LogP contribution < -0.4 is 5.32 Å². The minimum absolute atomic E-state index is 0.00850. The van der Waals surface area contributed by atoms with Crippen LogP contribution in [0.5, 0.6) is 0 Å². The zero-order chi connectivity index (χ0) is 22.4. The molecule has 3 rings (SSSR count). The fourth-order valence-corrected chi connectivity index (χ4v) is 4.82. The molecule has 1 atom stereocenters. The van der Waals surface area contributed by atoms with Gasteiger partial charge in [0.05, 0.1) is 11.2 Å². The van der Waals surface area contributed by atoms with E-state index in [1.54, 1.807) is 23.1 Å². The van der Waals surface area contributed by atoms with Crippen molar-refractivity contribution in [3.8, 4) is 0 Å². The molecule has 1 N–H and O–H groups in total. The normalized spacial score (nSPS) is 15.4. The van der Waals surface area contributed by atoms with E-state index in [1.165, 1.54) is 35.4 Å². The van der Waals surface area contributed by atoms with Crippen molar-refractivity contribution < 1.29 is 27.2 Å². The fourth-order valence-electron chi connectivity index (χ4n) is 3.33. The van der Waals surface area contributed by atoms with Crippen molar-refractivity contribution in [3.63, 3.8) is 0 Å². The summed E-state index contributed by atoms with van der Waals surface area (Å²) in [4.78, 5) is 40.8. The average molecular weight is 448 g/mol. The number of furan rings is 1. The zero-order valence-electron chi connectivity index (χ0n) is 17.2. The van der Waals surface area contributed by atoms with Crippen molar-refractivity contribution >= 4 is 27.6 Å². The Balaban J connectivity index is 1.82.